The third-order valence-electron chi connectivity index (χ3n) is 3.04. The Morgan fingerprint density at radius 1 is 1.12 bits per heavy atom. The molecular formula is C16H15Cl2F3N2Si. The van der Waals surface area contributed by atoms with Gasteiger partial charge in [-0.15, -0.1) is 5.54 Å². The van der Waals surface area contributed by atoms with Gasteiger partial charge in [0, 0.05) is 6.20 Å². The smallest absolute Gasteiger partial charge is 0.236 e. The summed E-state index contributed by atoms with van der Waals surface area (Å²) in [5, 5.41) is 4.03. The van der Waals surface area contributed by atoms with E-state index in [4.69, 9.17) is 23.2 Å². The van der Waals surface area contributed by atoms with Crippen molar-refractivity contribution in [2.45, 2.75) is 32.7 Å². The molecule has 0 unspecified atom stereocenters. The van der Waals surface area contributed by atoms with E-state index in [2.05, 4.69) is 36.2 Å². The first-order valence-electron chi connectivity index (χ1n) is 7.04. The van der Waals surface area contributed by atoms with Gasteiger partial charge in [-0.2, -0.15) is 18.3 Å². The molecule has 0 saturated heterocycles. The predicted molar refractivity (Wildman–Crippen MR) is 93.5 cm³/mol. The lowest BCUT2D eigenvalue weighted by Gasteiger charge is -2.12. The largest absolute Gasteiger partial charge is 0.416 e. The Labute approximate surface area is 149 Å². The highest BCUT2D eigenvalue weighted by Crippen LogP contribution is 2.37. The van der Waals surface area contributed by atoms with Crippen LogP contribution < -0.4 is 0 Å². The SMILES string of the molecule is Cc1nn(-c2c(Cl)cc(C(F)(F)F)cc2Cl)cc1C#C[Si](C)(C)C. The van der Waals surface area contributed by atoms with Crippen LogP contribution in [0.2, 0.25) is 29.7 Å². The van der Waals surface area contributed by atoms with Crippen molar-refractivity contribution in [3.05, 3.63) is 45.2 Å². The molecule has 0 aliphatic heterocycles. The van der Waals surface area contributed by atoms with Crippen LogP contribution in [0, 0.1) is 18.4 Å². The Bertz CT molecular complexity index is 817. The summed E-state index contributed by atoms with van der Waals surface area (Å²) in [6.45, 7) is 8.12. The van der Waals surface area contributed by atoms with Crippen molar-refractivity contribution in [1.82, 2.24) is 9.78 Å². The maximum atomic E-state index is 12.8. The minimum absolute atomic E-state index is 0.123. The summed E-state index contributed by atoms with van der Waals surface area (Å²) >= 11 is 12.0. The minimum Gasteiger partial charge on any atom is -0.236 e. The maximum Gasteiger partial charge on any atom is 0.416 e. The van der Waals surface area contributed by atoms with Gasteiger partial charge in [0.15, 0.2) is 0 Å². The molecule has 0 fully saturated rings. The van der Waals surface area contributed by atoms with Crippen molar-refractivity contribution in [3.8, 4) is 17.2 Å². The van der Waals surface area contributed by atoms with Crippen LogP contribution >= 0.6 is 23.2 Å². The van der Waals surface area contributed by atoms with Crippen LogP contribution in [0.1, 0.15) is 16.8 Å². The summed E-state index contributed by atoms with van der Waals surface area (Å²) in [6.07, 6.45) is -2.89. The van der Waals surface area contributed by atoms with Crippen LogP contribution in [0.4, 0.5) is 13.2 Å². The first kappa shape index (κ1) is 18.9. The van der Waals surface area contributed by atoms with Gasteiger partial charge in [-0.05, 0) is 19.1 Å². The molecule has 2 nitrogen and oxygen atoms in total. The lowest BCUT2D eigenvalue weighted by molar-refractivity contribution is -0.137. The maximum absolute atomic E-state index is 12.8. The van der Waals surface area contributed by atoms with Gasteiger partial charge in [-0.3, -0.25) is 0 Å². The number of rotatable bonds is 1. The standard InChI is InChI=1S/C16H15Cl2F3N2Si/c1-10-11(5-6-24(2,3)4)9-23(22-10)15-13(17)7-12(8-14(15)18)16(19,20)21/h7-9H,1-4H3. The van der Waals surface area contributed by atoms with Crippen molar-refractivity contribution >= 4 is 31.3 Å². The fraction of sp³-hybridized carbons (Fsp3) is 0.312. The first-order chi connectivity index (χ1) is 10.9. The Balaban J connectivity index is 2.52. The second-order valence-electron chi connectivity index (χ2n) is 6.36. The number of hydrogen-bond acceptors (Lipinski definition) is 1. The summed E-state index contributed by atoms with van der Waals surface area (Å²) in [5.74, 6) is 3.08. The second-order valence-corrected chi connectivity index (χ2v) is 11.9. The molecule has 2 aromatic rings. The fourth-order valence-electron chi connectivity index (χ4n) is 1.90. The zero-order chi connectivity index (χ0) is 18.3. The summed E-state index contributed by atoms with van der Waals surface area (Å²) in [6, 6.07) is 1.68. The van der Waals surface area contributed by atoms with E-state index < -0.39 is 19.8 Å². The number of aryl methyl sites for hydroxylation is 1. The number of nitrogens with zero attached hydrogens (tertiary/aromatic N) is 2. The van der Waals surface area contributed by atoms with Crippen molar-refractivity contribution in [1.29, 1.82) is 0 Å². The minimum atomic E-state index is -4.51. The lowest BCUT2D eigenvalue weighted by Crippen LogP contribution is -2.16. The van der Waals surface area contributed by atoms with Crippen LogP contribution in [-0.2, 0) is 6.18 Å². The number of aromatic nitrogens is 2. The molecule has 0 aliphatic rings. The van der Waals surface area contributed by atoms with E-state index in [0.29, 0.717) is 11.3 Å². The molecule has 0 saturated carbocycles. The molecule has 1 aromatic carbocycles. The van der Waals surface area contributed by atoms with Crippen LogP contribution in [0.3, 0.4) is 0 Å². The van der Waals surface area contributed by atoms with Crippen molar-refractivity contribution in [3.63, 3.8) is 0 Å². The van der Waals surface area contributed by atoms with E-state index in [9.17, 15) is 13.2 Å². The van der Waals surface area contributed by atoms with Gasteiger partial charge < -0.3 is 0 Å². The van der Waals surface area contributed by atoms with Crippen LogP contribution in [0.5, 0.6) is 0 Å². The highest BCUT2D eigenvalue weighted by atomic mass is 35.5. The van der Waals surface area contributed by atoms with Crippen LogP contribution in [0.15, 0.2) is 18.3 Å². The van der Waals surface area contributed by atoms with E-state index in [1.807, 2.05) is 0 Å². The van der Waals surface area contributed by atoms with Gasteiger partial charge in [0.2, 0.25) is 0 Å². The average Bonchev–Trinajstić information content (AvgIpc) is 2.74. The number of halogens is 5. The van der Waals surface area contributed by atoms with Gasteiger partial charge in [0.25, 0.3) is 0 Å². The van der Waals surface area contributed by atoms with Crippen molar-refractivity contribution in [2.75, 3.05) is 0 Å². The van der Waals surface area contributed by atoms with E-state index in [0.717, 1.165) is 12.1 Å². The van der Waals surface area contributed by atoms with Crippen LogP contribution in [0.25, 0.3) is 5.69 Å². The molecule has 1 aromatic heterocycles. The van der Waals surface area contributed by atoms with E-state index >= 15 is 0 Å². The average molecular weight is 391 g/mol. The van der Waals surface area contributed by atoms with E-state index in [1.165, 1.54) is 4.68 Å². The van der Waals surface area contributed by atoms with Gasteiger partial charge in [0.05, 0.1) is 26.9 Å². The Morgan fingerprint density at radius 3 is 2.12 bits per heavy atom. The molecular weight excluding hydrogens is 376 g/mol. The molecule has 0 aliphatic carbocycles. The summed E-state index contributed by atoms with van der Waals surface area (Å²) < 4.78 is 39.8. The van der Waals surface area contributed by atoms with Crippen molar-refractivity contribution in [2.24, 2.45) is 0 Å². The molecule has 1 heterocycles. The molecule has 24 heavy (non-hydrogen) atoms. The summed E-state index contributed by atoms with van der Waals surface area (Å²) in [5.41, 5.74) is 3.89. The monoisotopic (exact) mass is 390 g/mol. The predicted octanol–water partition coefficient (Wildman–Crippen LogP) is 5.74. The topological polar surface area (TPSA) is 17.8 Å². The number of hydrogen-bond donors (Lipinski definition) is 0. The molecule has 0 N–H and O–H groups in total. The van der Waals surface area contributed by atoms with Crippen LogP contribution in [-0.4, -0.2) is 17.9 Å². The number of benzene rings is 1. The van der Waals surface area contributed by atoms with Gasteiger partial charge in [-0.1, -0.05) is 48.8 Å². The Hall–Kier alpha value is -1.42. The normalized spacial score (nSPS) is 12.0. The second kappa shape index (κ2) is 6.47. The molecule has 0 spiro atoms. The quantitative estimate of drug-likeness (QED) is 0.448. The highest BCUT2D eigenvalue weighted by Gasteiger charge is 2.32. The molecule has 128 valence electrons. The molecule has 0 radical (unpaired) electrons. The number of alkyl halides is 3. The summed E-state index contributed by atoms with van der Waals surface area (Å²) in [4.78, 5) is 0. The fourth-order valence-corrected chi connectivity index (χ4v) is 3.07. The molecule has 2 rings (SSSR count). The molecule has 0 bridgehead atoms. The van der Waals surface area contributed by atoms with Crippen molar-refractivity contribution < 1.29 is 13.2 Å². The molecule has 0 amide bonds. The van der Waals surface area contributed by atoms with E-state index in [1.54, 1.807) is 13.1 Å². The lowest BCUT2D eigenvalue weighted by atomic mass is 10.2. The Kier molecular flexibility index (Phi) is 5.10. The van der Waals surface area contributed by atoms with Gasteiger partial charge in [-0.25, -0.2) is 4.68 Å². The van der Waals surface area contributed by atoms with E-state index in [-0.39, 0.29) is 15.7 Å². The third kappa shape index (κ3) is 4.35. The molecule has 8 heteroatoms. The van der Waals surface area contributed by atoms with Gasteiger partial charge in [0.1, 0.15) is 13.8 Å². The zero-order valence-corrected chi connectivity index (χ0v) is 16.0. The highest BCUT2D eigenvalue weighted by molar-refractivity contribution is 6.83. The summed E-state index contributed by atoms with van der Waals surface area (Å²) in [7, 11) is -1.56. The first-order valence-corrected chi connectivity index (χ1v) is 11.3. The third-order valence-corrected chi connectivity index (χ3v) is 4.50. The molecule has 0 atom stereocenters. The zero-order valence-electron chi connectivity index (χ0n) is 13.5. The van der Waals surface area contributed by atoms with Gasteiger partial charge >= 0.3 is 6.18 Å². The Morgan fingerprint density at radius 2 is 1.67 bits per heavy atom.